The van der Waals surface area contributed by atoms with Gasteiger partial charge in [0.25, 0.3) is 5.91 Å². The maximum Gasteiger partial charge on any atom is 0.258 e. The predicted octanol–water partition coefficient (Wildman–Crippen LogP) is 4.83. The lowest BCUT2D eigenvalue weighted by Gasteiger charge is -2.13. The van der Waals surface area contributed by atoms with E-state index in [9.17, 15) is 9.59 Å². The van der Waals surface area contributed by atoms with E-state index in [0.717, 1.165) is 12.0 Å². The summed E-state index contributed by atoms with van der Waals surface area (Å²) in [5.41, 5.74) is 3.20. The third kappa shape index (κ3) is 4.40. The van der Waals surface area contributed by atoms with Crippen LogP contribution in [0.5, 0.6) is 0 Å². The Bertz CT molecular complexity index is 1010. The van der Waals surface area contributed by atoms with Gasteiger partial charge in [0.05, 0.1) is 22.5 Å². The lowest BCUT2D eigenvalue weighted by molar-refractivity contribution is -0.116. The van der Waals surface area contributed by atoms with Gasteiger partial charge in [-0.3, -0.25) is 9.59 Å². The van der Waals surface area contributed by atoms with E-state index in [1.165, 1.54) is 6.20 Å². The van der Waals surface area contributed by atoms with Gasteiger partial charge in [-0.25, -0.2) is 4.68 Å². The molecule has 0 spiro atoms. The van der Waals surface area contributed by atoms with Gasteiger partial charge in [-0.2, -0.15) is 5.10 Å². The summed E-state index contributed by atoms with van der Waals surface area (Å²) in [5, 5.41) is 10.5. The Labute approximate surface area is 168 Å². The minimum atomic E-state index is -0.293. The molecule has 1 aromatic heterocycles. The molecule has 3 rings (SSSR count). The first-order chi connectivity index (χ1) is 13.5. The number of benzene rings is 2. The van der Waals surface area contributed by atoms with E-state index in [1.807, 2.05) is 38.1 Å². The van der Waals surface area contributed by atoms with E-state index in [4.69, 9.17) is 11.6 Å². The van der Waals surface area contributed by atoms with Crippen LogP contribution in [0, 0.1) is 6.92 Å². The largest absolute Gasteiger partial charge is 0.326 e. The predicted molar refractivity (Wildman–Crippen MR) is 111 cm³/mol. The van der Waals surface area contributed by atoms with Crippen molar-refractivity contribution in [2.45, 2.75) is 26.7 Å². The van der Waals surface area contributed by atoms with E-state index < -0.39 is 0 Å². The van der Waals surface area contributed by atoms with Crippen molar-refractivity contribution in [1.29, 1.82) is 0 Å². The summed E-state index contributed by atoms with van der Waals surface area (Å²) in [4.78, 5) is 24.5. The zero-order valence-electron chi connectivity index (χ0n) is 15.7. The Kier molecular flexibility index (Phi) is 6.11. The van der Waals surface area contributed by atoms with E-state index in [2.05, 4.69) is 15.7 Å². The number of nitrogens with one attached hydrogen (secondary N) is 2. The minimum Gasteiger partial charge on any atom is -0.326 e. The van der Waals surface area contributed by atoms with Crippen LogP contribution in [0.25, 0.3) is 5.69 Å². The molecule has 2 aromatic carbocycles. The number of rotatable bonds is 6. The molecule has 2 amide bonds. The molecule has 0 radical (unpaired) electrons. The highest BCUT2D eigenvalue weighted by molar-refractivity contribution is 6.32. The number of amides is 2. The van der Waals surface area contributed by atoms with Crippen LogP contribution in [0.4, 0.5) is 11.4 Å². The molecule has 2 N–H and O–H groups in total. The fourth-order valence-electron chi connectivity index (χ4n) is 2.75. The van der Waals surface area contributed by atoms with Crippen LogP contribution in [-0.4, -0.2) is 21.6 Å². The Morgan fingerprint density at radius 2 is 1.79 bits per heavy atom. The molecule has 0 saturated carbocycles. The third-order valence-electron chi connectivity index (χ3n) is 4.28. The summed E-state index contributed by atoms with van der Waals surface area (Å²) >= 11 is 6.18. The summed E-state index contributed by atoms with van der Waals surface area (Å²) in [6, 6.07) is 12.7. The highest BCUT2D eigenvalue weighted by atomic mass is 35.5. The summed E-state index contributed by atoms with van der Waals surface area (Å²) in [7, 11) is 0. The highest BCUT2D eigenvalue weighted by Crippen LogP contribution is 2.24. The standard InChI is InChI=1S/C21H21ClN4O2/c1-3-7-20(27)24-17-9-6-10-18(14(17)2)25-21(28)15-12-23-26(13-15)19-11-5-4-8-16(19)22/h4-6,8-13H,3,7H2,1-2H3,(H,24,27)(H,25,28). The quantitative estimate of drug-likeness (QED) is 0.626. The molecule has 7 heteroatoms. The summed E-state index contributed by atoms with van der Waals surface area (Å²) < 4.78 is 1.56. The van der Waals surface area contributed by atoms with Gasteiger partial charge in [0.2, 0.25) is 5.91 Å². The van der Waals surface area contributed by atoms with Gasteiger partial charge in [-0.1, -0.05) is 36.7 Å². The topological polar surface area (TPSA) is 76.0 Å². The van der Waals surface area contributed by atoms with Gasteiger partial charge in [-0.15, -0.1) is 0 Å². The second-order valence-electron chi connectivity index (χ2n) is 6.36. The number of carbonyl (C=O) groups is 2. The molecule has 0 fully saturated rings. The van der Waals surface area contributed by atoms with E-state index in [-0.39, 0.29) is 11.8 Å². The lowest BCUT2D eigenvalue weighted by atomic mass is 10.1. The molecule has 0 unspecified atom stereocenters. The number of halogens is 1. The van der Waals surface area contributed by atoms with Gasteiger partial charge in [0.1, 0.15) is 0 Å². The molecule has 6 nitrogen and oxygen atoms in total. The number of anilines is 2. The number of hydrogen-bond donors (Lipinski definition) is 2. The van der Waals surface area contributed by atoms with Crippen LogP contribution in [0.3, 0.4) is 0 Å². The Morgan fingerprint density at radius 3 is 2.50 bits per heavy atom. The van der Waals surface area contributed by atoms with Gasteiger partial charge in [0.15, 0.2) is 0 Å². The molecule has 0 aliphatic carbocycles. The summed E-state index contributed by atoms with van der Waals surface area (Å²) in [5.74, 6) is -0.339. The number of hydrogen-bond acceptors (Lipinski definition) is 3. The van der Waals surface area contributed by atoms with Gasteiger partial charge in [-0.05, 0) is 43.2 Å². The average molecular weight is 397 g/mol. The SMILES string of the molecule is CCCC(=O)Nc1cccc(NC(=O)c2cnn(-c3ccccc3Cl)c2)c1C. The Morgan fingerprint density at radius 1 is 1.07 bits per heavy atom. The maximum atomic E-state index is 12.6. The van der Waals surface area contributed by atoms with Crippen molar-refractivity contribution >= 4 is 34.8 Å². The molecule has 0 aliphatic rings. The van der Waals surface area contributed by atoms with Crippen LogP contribution in [-0.2, 0) is 4.79 Å². The molecule has 3 aromatic rings. The van der Waals surface area contributed by atoms with E-state index in [0.29, 0.717) is 34.1 Å². The Hall–Kier alpha value is -3.12. The van der Waals surface area contributed by atoms with Crippen molar-refractivity contribution in [3.05, 3.63) is 71.0 Å². The first-order valence-electron chi connectivity index (χ1n) is 9.00. The number of aromatic nitrogens is 2. The maximum absolute atomic E-state index is 12.6. The van der Waals surface area contributed by atoms with Crippen LogP contribution < -0.4 is 10.6 Å². The molecule has 0 bridgehead atoms. The number of carbonyl (C=O) groups excluding carboxylic acids is 2. The minimum absolute atomic E-state index is 0.0462. The van der Waals surface area contributed by atoms with Crippen molar-refractivity contribution in [1.82, 2.24) is 9.78 Å². The van der Waals surface area contributed by atoms with Crippen LogP contribution in [0.1, 0.15) is 35.7 Å². The van der Waals surface area contributed by atoms with E-state index >= 15 is 0 Å². The fraction of sp³-hybridized carbons (Fsp3) is 0.190. The normalized spacial score (nSPS) is 10.5. The zero-order valence-corrected chi connectivity index (χ0v) is 16.5. The van der Waals surface area contributed by atoms with Crippen molar-refractivity contribution in [2.24, 2.45) is 0 Å². The first-order valence-corrected chi connectivity index (χ1v) is 9.37. The van der Waals surface area contributed by atoms with Crippen molar-refractivity contribution in [3.63, 3.8) is 0 Å². The van der Waals surface area contributed by atoms with Crippen molar-refractivity contribution < 1.29 is 9.59 Å². The summed E-state index contributed by atoms with van der Waals surface area (Å²) in [6.07, 6.45) is 4.34. The van der Waals surface area contributed by atoms with Gasteiger partial charge >= 0.3 is 0 Å². The second-order valence-corrected chi connectivity index (χ2v) is 6.76. The molecule has 28 heavy (non-hydrogen) atoms. The molecule has 144 valence electrons. The van der Waals surface area contributed by atoms with Gasteiger partial charge < -0.3 is 10.6 Å². The number of nitrogens with zero attached hydrogens (tertiary/aromatic N) is 2. The molecule has 0 atom stereocenters. The molecular weight excluding hydrogens is 376 g/mol. The van der Waals surface area contributed by atoms with Crippen molar-refractivity contribution in [2.75, 3.05) is 10.6 Å². The fourth-order valence-corrected chi connectivity index (χ4v) is 2.97. The monoisotopic (exact) mass is 396 g/mol. The van der Waals surface area contributed by atoms with Crippen LogP contribution >= 0.6 is 11.6 Å². The van der Waals surface area contributed by atoms with Crippen LogP contribution in [0.2, 0.25) is 5.02 Å². The van der Waals surface area contributed by atoms with E-state index in [1.54, 1.807) is 29.1 Å². The molecular formula is C21H21ClN4O2. The molecule has 0 saturated heterocycles. The van der Waals surface area contributed by atoms with Crippen LogP contribution in [0.15, 0.2) is 54.9 Å². The molecule has 0 aliphatic heterocycles. The van der Waals surface area contributed by atoms with Gasteiger partial charge in [0, 0.05) is 24.0 Å². The number of para-hydroxylation sites is 1. The lowest BCUT2D eigenvalue weighted by Crippen LogP contribution is -2.15. The molecule has 1 heterocycles. The second kappa shape index (κ2) is 8.71. The average Bonchev–Trinajstić information content (AvgIpc) is 3.15. The third-order valence-corrected chi connectivity index (χ3v) is 4.60. The highest BCUT2D eigenvalue weighted by Gasteiger charge is 2.14. The Balaban J connectivity index is 1.77. The van der Waals surface area contributed by atoms with Crippen molar-refractivity contribution in [3.8, 4) is 5.69 Å². The zero-order chi connectivity index (χ0) is 20.1. The first kappa shape index (κ1) is 19.6. The summed E-state index contributed by atoms with van der Waals surface area (Å²) in [6.45, 7) is 3.80. The smallest absolute Gasteiger partial charge is 0.258 e.